The van der Waals surface area contributed by atoms with Gasteiger partial charge in [-0.3, -0.25) is 5.32 Å². The lowest BCUT2D eigenvalue weighted by atomic mass is 10.1. The second kappa shape index (κ2) is 5.08. The maximum absolute atomic E-state index is 11.3. The third kappa shape index (κ3) is 3.04. The van der Waals surface area contributed by atoms with E-state index in [1.165, 1.54) is 5.32 Å². The number of primary amides is 1. The number of amides is 1. The molecule has 1 aromatic carbocycles. The highest BCUT2D eigenvalue weighted by atomic mass is 16.1. The number of benzene rings is 1. The minimum Gasteiger partial charge on any atom is -0.281 e. The lowest BCUT2D eigenvalue weighted by Crippen LogP contribution is -2.84. The van der Waals surface area contributed by atoms with Crippen LogP contribution in [0.15, 0.2) is 29.8 Å². The zero-order valence-electron chi connectivity index (χ0n) is 8.82. The van der Waals surface area contributed by atoms with Crippen molar-refractivity contribution < 1.29 is 10.1 Å². The molecule has 0 spiro atoms. The molecule has 3 heteroatoms. The second-order valence-electron chi connectivity index (χ2n) is 3.21. The predicted molar refractivity (Wildman–Crippen MR) is 57.7 cm³/mol. The fraction of sp³-hybridized carbons (Fsp3) is 0.167. The van der Waals surface area contributed by atoms with Gasteiger partial charge in [0.15, 0.2) is 0 Å². The number of carbonyl (C=O) groups excluding carboxylic acids is 1. The van der Waals surface area contributed by atoms with Crippen LogP contribution in [0.5, 0.6) is 0 Å². The standard InChI is InChI=1S/C12H12N2O/c1-9(12(15)14-2)7-10-3-5-11(8-13)6-4-10/h3-7H,1-2H3,(H,14,15)/p+1/b9-7+. The number of nitrogens with two attached hydrogens (primary N) is 1. The van der Waals surface area contributed by atoms with Gasteiger partial charge in [0.1, 0.15) is 0 Å². The summed E-state index contributed by atoms with van der Waals surface area (Å²) in [7, 11) is 1.72. The zero-order chi connectivity index (χ0) is 11.3. The molecule has 0 atom stereocenters. The Hall–Kier alpha value is -1.92. The first kappa shape index (κ1) is 11.2. The van der Waals surface area contributed by atoms with Crippen LogP contribution >= 0.6 is 0 Å². The van der Waals surface area contributed by atoms with Gasteiger partial charge in [-0.05, 0) is 30.7 Å². The van der Waals surface area contributed by atoms with E-state index in [9.17, 15) is 4.79 Å². The summed E-state index contributed by atoms with van der Waals surface area (Å²) in [6.45, 7) is 1.78. The summed E-state index contributed by atoms with van der Waals surface area (Å²) in [5.41, 5.74) is 2.25. The van der Waals surface area contributed by atoms with Crippen LogP contribution in [0.3, 0.4) is 0 Å². The van der Waals surface area contributed by atoms with Crippen molar-refractivity contribution >= 4 is 12.0 Å². The Bertz CT molecular complexity index is 424. The van der Waals surface area contributed by atoms with E-state index in [1.54, 1.807) is 26.1 Å². The number of hydrogen-bond donors (Lipinski definition) is 1. The highest BCUT2D eigenvalue weighted by Crippen LogP contribution is 2.07. The van der Waals surface area contributed by atoms with Crippen LogP contribution in [0.2, 0.25) is 0 Å². The zero-order valence-corrected chi connectivity index (χ0v) is 8.82. The lowest BCUT2D eigenvalue weighted by Gasteiger charge is -1.96. The Morgan fingerprint density at radius 2 is 2.00 bits per heavy atom. The van der Waals surface area contributed by atoms with Crippen molar-refractivity contribution in [3.8, 4) is 6.07 Å². The minimum absolute atomic E-state index is 0.0272. The van der Waals surface area contributed by atoms with E-state index in [0.29, 0.717) is 11.1 Å². The number of carbonyl (C=O) groups is 1. The summed E-state index contributed by atoms with van der Waals surface area (Å²) in [6.07, 6.45) is 1.81. The van der Waals surface area contributed by atoms with Crippen molar-refractivity contribution in [1.29, 1.82) is 5.26 Å². The van der Waals surface area contributed by atoms with Crippen LogP contribution < -0.4 is 5.32 Å². The van der Waals surface area contributed by atoms with Crippen LogP contribution in [-0.2, 0) is 4.79 Å². The molecule has 76 valence electrons. The molecular formula is C12H13N2O+. The number of likely N-dealkylation sites (N-methyl/N-ethyl adjacent to an activating group) is 1. The van der Waals surface area contributed by atoms with Gasteiger partial charge in [0.2, 0.25) is 0 Å². The molecule has 0 aliphatic carbocycles. The number of nitriles is 1. The molecule has 0 fully saturated rings. The first-order chi connectivity index (χ1) is 7.17. The molecule has 1 amide bonds. The quantitative estimate of drug-likeness (QED) is 0.715. The number of rotatable bonds is 2. The van der Waals surface area contributed by atoms with Crippen LogP contribution in [0.25, 0.3) is 6.08 Å². The van der Waals surface area contributed by atoms with Crippen molar-refractivity contribution in [2.24, 2.45) is 0 Å². The van der Waals surface area contributed by atoms with E-state index in [4.69, 9.17) is 5.26 Å². The van der Waals surface area contributed by atoms with Gasteiger partial charge in [0, 0.05) is 0 Å². The number of quaternary nitrogens is 1. The van der Waals surface area contributed by atoms with Gasteiger partial charge >= 0.3 is 5.91 Å². The summed E-state index contributed by atoms with van der Waals surface area (Å²) < 4.78 is 0. The van der Waals surface area contributed by atoms with Crippen molar-refractivity contribution in [2.75, 3.05) is 7.05 Å². The first-order valence-corrected chi connectivity index (χ1v) is 4.69. The lowest BCUT2D eigenvalue weighted by molar-refractivity contribution is -0.535. The predicted octanol–water partition coefficient (Wildman–Crippen LogP) is 0.681. The largest absolute Gasteiger partial charge is 0.338 e. The van der Waals surface area contributed by atoms with Crippen LogP contribution in [0.1, 0.15) is 18.1 Å². The van der Waals surface area contributed by atoms with Crippen molar-refractivity contribution in [3.63, 3.8) is 0 Å². The van der Waals surface area contributed by atoms with Crippen molar-refractivity contribution in [2.45, 2.75) is 6.92 Å². The molecule has 2 N–H and O–H groups in total. The molecule has 3 nitrogen and oxygen atoms in total. The highest BCUT2D eigenvalue weighted by molar-refractivity contribution is 5.90. The third-order valence-corrected chi connectivity index (χ3v) is 2.07. The van der Waals surface area contributed by atoms with E-state index in [0.717, 1.165) is 5.56 Å². The number of hydrogen-bond acceptors (Lipinski definition) is 2. The van der Waals surface area contributed by atoms with Crippen LogP contribution in [0.4, 0.5) is 0 Å². The Kier molecular flexibility index (Phi) is 3.78. The molecule has 0 aromatic heterocycles. The van der Waals surface area contributed by atoms with E-state index in [-0.39, 0.29) is 5.91 Å². The van der Waals surface area contributed by atoms with Gasteiger partial charge in [-0.1, -0.05) is 12.1 Å². The molecule has 0 saturated carbocycles. The summed E-state index contributed by atoms with van der Waals surface area (Å²) in [4.78, 5) is 11.3. The molecule has 0 aliphatic heterocycles. The van der Waals surface area contributed by atoms with E-state index in [2.05, 4.69) is 0 Å². The van der Waals surface area contributed by atoms with Crippen molar-refractivity contribution in [1.82, 2.24) is 0 Å². The normalized spacial score (nSPS) is 10.9. The van der Waals surface area contributed by atoms with Gasteiger partial charge in [0.25, 0.3) is 0 Å². The summed E-state index contributed by atoms with van der Waals surface area (Å²) in [5.74, 6) is 0.0272. The monoisotopic (exact) mass is 201 g/mol. The Labute approximate surface area is 89.0 Å². The topological polar surface area (TPSA) is 57.5 Å². The molecule has 0 heterocycles. The van der Waals surface area contributed by atoms with E-state index in [1.807, 2.05) is 24.3 Å². The van der Waals surface area contributed by atoms with Gasteiger partial charge in [0.05, 0.1) is 24.3 Å². The Morgan fingerprint density at radius 3 is 2.47 bits per heavy atom. The maximum atomic E-state index is 11.3. The second-order valence-corrected chi connectivity index (χ2v) is 3.21. The van der Waals surface area contributed by atoms with E-state index < -0.39 is 0 Å². The number of nitrogens with zero attached hydrogens (tertiary/aromatic N) is 1. The van der Waals surface area contributed by atoms with Crippen molar-refractivity contribution in [3.05, 3.63) is 41.0 Å². The molecule has 15 heavy (non-hydrogen) atoms. The smallest absolute Gasteiger partial charge is 0.281 e. The molecule has 0 radical (unpaired) electrons. The van der Waals surface area contributed by atoms with E-state index >= 15 is 0 Å². The van der Waals surface area contributed by atoms with Crippen LogP contribution in [-0.4, -0.2) is 13.0 Å². The fourth-order valence-corrected chi connectivity index (χ4v) is 1.20. The molecule has 0 aliphatic rings. The molecule has 1 aromatic rings. The van der Waals surface area contributed by atoms with Crippen LogP contribution in [0, 0.1) is 11.3 Å². The van der Waals surface area contributed by atoms with Gasteiger partial charge in [-0.15, -0.1) is 0 Å². The molecule has 0 unspecified atom stereocenters. The maximum Gasteiger partial charge on any atom is 0.338 e. The average Bonchev–Trinajstić information content (AvgIpc) is 2.29. The fourth-order valence-electron chi connectivity index (χ4n) is 1.20. The minimum atomic E-state index is 0.0272. The first-order valence-electron chi connectivity index (χ1n) is 4.69. The highest BCUT2D eigenvalue weighted by Gasteiger charge is 2.04. The summed E-state index contributed by atoms with van der Waals surface area (Å²) >= 11 is 0. The molecule has 0 saturated heterocycles. The molecule has 1 rings (SSSR count). The van der Waals surface area contributed by atoms with Gasteiger partial charge in [-0.2, -0.15) is 5.26 Å². The SMILES string of the molecule is C[NH2+]C(=O)/C(C)=C/c1ccc(C#N)cc1. The third-order valence-electron chi connectivity index (χ3n) is 2.07. The molecule has 0 bridgehead atoms. The summed E-state index contributed by atoms with van der Waals surface area (Å²) in [6, 6.07) is 9.17. The van der Waals surface area contributed by atoms with Gasteiger partial charge < -0.3 is 0 Å². The average molecular weight is 201 g/mol. The Balaban J connectivity index is 2.90. The van der Waals surface area contributed by atoms with Gasteiger partial charge in [-0.25, -0.2) is 4.79 Å². The summed E-state index contributed by atoms with van der Waals surface area (Å²) in [5, 5.41) is 10.1. The Morgan fingerprint density at radius 1 is 1.40 bits per heavy atom. The molecular weight excluding hydrogens is 188 g/mol.